The summed E-state index contributed by atoms with van der Waals surface area (Å²) in [5.41, 5.74) is 1.21. The van der Waals surface area contributed by atoms with E-state index in [9.17, 15) is 9.59 Å². The summed E-state index contributed by atoms with van der Waals surface area (Å²) >= 11 is 6.05. The van der Waals surface area contributed by atoms with Gasteiger partial charge in [0.1, 0.15) is 0 Å². The van der Waals surface area contributed by atoms with E-state index in [0.717, 1.165) is 25.7 Å². The first kappa shape index (κ1) is 13.9. The van der Waals surface area contributed by atoms with Gasteiger partial charge in [-0.15, -0.1) is 0 Å². The van der Waals surface area contributed by atoms with Gasteiger partial charge in [-0.3, -0.25) is 9.59 Å². The van der Waals surface area contributed by atoms with Crippen molar-refractivity contribution in [2.45, 2.75) is 32.6 Å². The number of hydrogen-bond donors (Lipinski definition) is 2. The van der Waals surface area contributed by atoms with Gasteiger partial charge in [0.25, 0.3) is 0 Å². The number of carbonyl (C=O) groups is 2. The molecule has 1 aromatic rings. The SMILES string of the molecule is CC(=O)Nc1ccc(NC(=O)C2CCCC2)cc1Cl. The highest BCUT2D eigenvalue weighted by molar-refractivity contribution is 6.34. The summed E-state index contributed by atoms with van der Waals surface area (Å²) in [6.07, 6.45) is 4.17. The third-order valence-electron chi connectivity index (χ3n) is 3.27. The maximum absolute atomic E-state index is 12.0. The van der Waals surface area contributed by atoms with Crippen molar-refractivity contribution < 1.29 is 9.59 Å². The molecule has 0 unspecified atom stereocenters. The number of amides is 2. The minimum absolute atomic E-state index is 0.0563. The molecule has 1 aliphatic rings. The third-order valence-corrected chi connectivity index (χ3v) is 3.59. The van der Waals surface area contributed by atoms with Crippen LogP contribution >= 0.6 is 11.6 Å². The largest absolute Gasteiger partial charge is 0.326 e. The Labute approximate surface area is 117 Å². The van der Waals surface area contributed by atoms with Gasteiger partial charge in [0.05, 0.1) is 10.7 Å². The van der Waals surface area contributed by atoms with Gasteiger partial charge in [-0.25, -0.2) is 0 Å². The van der Waals surface area contributed by atoms with Crippen LogP contribution in [0.25, 0.3) is 0 Å². The van der Waals surface area contributed by atoms with Crippen molar-refractivity contribution >= 4 is 34.8 Å². The van der Waals surface area contributed by atoms with E-state index in [4.69, 9.17) is 11.6 Å². The lowest BCUT2D eigenvalue weighted by atomic mass is 10.1. The molecular weight excluding hydrogens is 264 g/mol. The Morgan fingerprint density at radius 2 is 1.89 bits per heavy atom. The molecule has 2 N–H and O–H groups in total. The van der Waals surface area contributed by atoms with Crippen LogP contribution in [0, 0.1) is 5.92 Å². The van der Waals surface area contributed by atoms with Crippen molar-refractivity contribution in [3.05, 3.63) is 23.2 Å². The second-order valence-corrected chi connectivity index (χ2v) is 5.25. The van der Waals surface area contributed by atoms with Gasteiger partial charge in [-0.05, 0) is 31.0 Å². The predicted octanol–water partition coefficient (Wildman–Crippen LogP) is 3.43. The number of hydrogen-bond acceptors (Lipinski definition) is 2. The van der Waals surface area contributed by atoms with Crippen molar-refractivity contribution in [1.29, 1.82) is 0 Å². The summed E-state index contributed by atoms with van der Waals surface area (Å²) in [5, 5.41) is 5.91. The van der Waals surface area contributed by atoms with Crippen molar-refractivity contribution in [3.8, 4) is 0 Å². The van der Waals surface area contributed by atoms with E-state index in [1.807, 2.05) is 0 Å². The van der Waals surface area contributed by atoms with E-state index in [-0.39, 0.29) is 17.7 Å². The molecule has 0 heterocycles. The van der Waals surface area contributed by atoms with Crippen molar-refractivity contribution in [2.24, 2.45) is 5.92 Å². The third kappa shape index (κ3) is 3.70. The molecule has 1 aliphatic carbocycles. The molecular formula is C14H17ClN2O2. The standard InChI is InChI=1S/C14H17ClN2O2/c1-9(18)16-13-7-6-11(8-12(13)15)17-14(19)10-4-2-3-5-10/h6-8,10H,2-5H2,1H3,(H,16,18)(H,17,19). The number of rotatable bonds is 3. The molecule has 1 saturated carbocycles. The zero-order chi connectivity index (χ0) is 13.8. The maximum Gasteiger partial charge on any atom is 0.227 e. The topological polar surface area (TPSA) is 58.2 Å². The number of carbonyl (C=O) groups excluding carboxylic acids is 2. The predicted molar refractivity (Wildman–Crippen MR) is 76.3 cm³/mol. The molecule has 0 aliphatic heterocycles. The first-order valence-electron chi connectivity index (χ1n) is 6.44. The second-order valence-electron chi connectivity index (χ2n) is 4.85. The quantitative estimate of drug-likeness (QED) is 0.891. The molecule has 2 rings (SSSR count). The van der Waals surface area contributed by atoms with Crippen LogP contribution in [0.1, 0.15) is 32.6 Å². The molecule has 0 saturated heterocycles. The minimum Gasteiger partial charge on any atom is -0.326 e. The molecule has 19 heavy (non-hydrogen) atoms. The Bertz CT molecular complexity index is 496. The van der Waals surface area contributed by atoms with Gasteiger partial charge >= 0.3 is 0 Å². The lowest BCUT2D eigenvalue weighted by molar-refractivity contribution is -0.119. The molecule has 0 spiro atoms. The van der Waals surface area contributed by atoms with Gasteiger partial charge in [0.2, 0.25) is 11.8 Å². The Morgan fingerprint density at radius 1 is 1.21 bits per heavy atom. The van der Waals surface area contributed by atoms with Crippen LogP contribution in [0.2, 0.25) is 5.02 Å². The fraction of sp³-hybridized carbons (Fsp3) is 0.429. The lowest BCUT2D eigenvalue weighted by Gasteiger charge is -2.12. The lowest BCUT2D eigenvalue weighted by Crippen LogP contribution is -2.20. The maximum atomic E-state index is 12.0. The summed E-state index contributed by atoms with van der Waals surface area (Å²) in [7, 11) is 0. The molecule has 0 aromatic heterocycles. The van der Waals surface area contributed by atoms with Crippen LogP contribution in [-0.4, -0.2) is 11.8 Å². The highest BCUT2D eigenvalue weighted by Gasteiger charge is 2.22. The molecule has 1 aromatic carbocycles. The number of halogens is 1. The van der Waals surface area contributed by atoms with E-state index >= 15 is 0 Å². The van der Waals surface area contributed by atoms with E-state index in [0.29, 0.717) is 16.4 Å². The molecule has 2 amide bonds. The number of nitrogens with one attached hydrogen (secondary N) is 2. The van der Waals surface area contributed by atoms with Crippen molar-refractivity contribution in [1.82, 2.24) is 0 Å². The van der Waals surface area contributed by atoms with Gasteiger partial charge in [0.15, 0.2) is 0 Å². The van der Waals surface area contributed by atoms with Crippen LogP contribution in [0.3, 0.4) is 0 Å². The van der Waals surface area contributed by atoms with Crippen molar-refractivity contribution in [2.75, 3.05) is 10.6 Å². The van der Waals surface area contributed by atoms with Gasteiger partial charge in [-0.1, -0.05) is 24.4 Å². The molecule has 0 atom stereocenters. The molecule has 0 radical (unpaired) electrons. The van der Waals surface area contributed by atoms with Crippen LogP contribution in [0.5, 0.6) is 0 Å². The highest BCUT2D eigenvalue weighted by Crippen LogP contribution is 2.28. The van der Waals surface area contributed by atoms with Gasteiger partial charge < -0.3 is 10.6 Å². The Kier molecular flexibility index (Phi) is 4.43. The average molecular weight is 281 g/mol. The zero-order valence-electron chi connectivity index (χ0n) is 10.8. The van der Waals surface area contributed by atoms with Crippen LogP contribution in [0.15, 0.2) is 18.2 Å². The summed E-state index contributed by atoms with van der Waals surface area (Å²) in [5.74, 6) is -0.000665. The Hall–Kier alpha value is -1.55. The van der Waals surface area contributed by atoms with Crippen LogP contribution in [-0.2, 0) is 9.59 Å². The highest BCUT2D eigenvalue weighted by atomic mass is 35.5. The number of anilines is 2. The van der Waals surface area contributed by atoms with E-state index in [1.54, 1.807) is 18.2 Å². The molecule has 5 heteroatoms. The smallest absolute Gasteiger partial charge is 0.227 e. The van der Waals surface area contributed by atoms with E-state index in [2.05, 4.69) is 10.6 Å². The van der Waals surface area contributed by atoms with Crippen LogP contribution < -0.4 is 10.6 Å². The second kappa shape index (κ2) is 6.06. The van der Waals surface area contributed by atoms with Gasteiger partial charge in [-0.2, -0.15) is 0 Å². The fourth-order valence-corrected chi connectivity index (χ4v) is 2.54. The molecule has 102 valence electrons. The van der Waals surface area contributed by atoms with Crippen LogP contribution in [0.4, 0.5) is 11.4 Å². The van der Waals surface area contributed by atoms with E-state index in [1.165, 1.54) is 6.92 Å². The normalized spacial score (nSPS) is 15.3. The monoisotopic (exact) mass is 280 g/mol. The number of benzene rings is 1. The Morgan fingerprint density at radius 3 is 2.47 bits per heavy atom. The first-order chi connectivity index (χ1) is 9.06. The summed E-state index contributed by atoms with van der Waals surface area (Å²) < 4.78 is 0. The minimum atomic E-state index is -0.176. The zero-order valence-corrected chi connectivity index (χ0v) is 11.6. The fourth-order valence-electron chi connectivity index (χ4n) is 2.32. The molecule has 1 fully saturated rings. The van der Waals surface area contributed by atoms with E-state index < -0.39 is 0 Å². The van der Waals surface area contributed by atoms with Crippen molar-refractivity contribution in [3.63, 3.8) is 0 Å². The first-order valence-corrected chi connectivity index (χ1v) is 6.82. The summed E-state index contributed by atoms with van der Waals surface area (Å²) in [6, 6.07) is 5.08. The Balaban J connectivity index is 2.03. The summed E-state index contributed by atoms with van der Waals surface area (Å²) in [4.78, 5) is 22.9. The van der Waals surface area contributed by atoms with Gasteiger partial charge in [0, 0.05) is 18.5 Å². The molecule has 4 nitrogen and oxygen atoms in total. The molecule has 0 bridgehead atoms. The summed E-state index contributed by atoms with van der Waals surface area (Å²) in [6.45, 7) is 1.42. The average Bonchev–Trinajstić information content (AvgIpc) is 2.86.